The molecule has 0 radical (unpaired) electrons. The van der Waals surface area contributed by atoms with Crippen molar-refractivity contribution in [1.82, 2.24) is 10.6 Å². The van der Waals surface area contributed by atoms with Gasteiger partial charge < -0.3 is 20.8 Å². The van der Waals surface area contributed by atoms with E-state index in [0.29, 0.717) is 18.8 Å². The van der Waals surface area contributed by atoms with E-state index in [0.717, 1.165) is 18.2 Å². The topological polar surface area (TPSA) is 91.8 Å². The van der Waals surface area contributed by atoms with Gasteiger partial charge in [0, 0.05) is 18.8 Å². The number of nitrogens with zero attached hydrogens (tertiary/aromatic N) is 1. The van der Waals surface area contributed by atoms with Crippen molar-refractivity contribution >= 4 is 23.2 Å². The van der Waals surface area contributed by atoms with Crippen LogP contribution in [0, 0.1) is 5.92 Å². The van der Waals surface area contributed by atoms with Gasteiger partial charge in [0.2, 0.25) is 0 Å². The molecular formula is C15H15F3N4O3. The first-order valence-corrected chi connectivity index (χ1v) is 7.54. The lowest BCUT2D eigenvalue weighted by Gasteiger charge is -2.11. The van der Waals surface area contributed by atoms with Gasteiger partial charge >= 0.3 is 18.0 Å². The van der Waals surface area contributed by atoms with Crippen LogP contribution in [0.25, 0.3) is 0 Å². The average molecular weight is 356 g/mol. The summed E-state index contributed by atoms with van der Waals surface area (Å²) in [5, 5.41) is 11.5. The minimum absolute atomic E-state index is 0.0394. The molecule has 25 heavy (non-hydrogen) atoms. The Kier molecular flexibility index (Phi) is 4.62. The van der Waals surface area contributed by atoms with Gasteiger partial charge in [0.25, 0.3) is 0 Å². The lowest BCUT2D eigenvalue weighted by atomic mass is 10.0. The average Bonchev–Trinajstić information content (AvgIpc) is 3.16. The summed E-state index contributed by atoms with van der Waals surface area (Å²) in [4.78, 5) is 28.8. The summed E-state index contributed by atoms with van der Waals surface area (Å²) in [6.45, 7) is 1.38. The highest BCUT2D eigenvalue weighted by atomic mass is 19.4. The van der Waals surface area contributed by atoms with Crippen LogP contribution in [0.15, 0.2) is 29.4 Å². The SMILES string of the molecule is O=C(NCC1=NOC2CNCC12)C(=O)Nc1cccc(C(F)(F)F)c1. The first-order chi connectivity index (χ1) is 11.8. The molecule has 7 nitrogen and oxygen atoms in total. The Bertz CT molecular complexity index is 720. The van der Waals surface area contributed by atoms with Gasteiger partial charge in [-0.25, -0.2) is 0 Å². The third kappa shape index (κ3) is 3.90. The van der Waals surface area contributed by atoms with Crippen LogP contribution in [0.1, 0.15) is 5.56 Å². The number of hydrogen-bond donors (Lipinski definition) is 3. The van der Waals surface area contributed by atoms with Gasteiger partial charge in [-0.15, -0.1) is 0 Å². The molecule has 2 amide bonds. The molecule has 0 aromatic heterocycles. The first-order valence-electron chi connectivity index (χ1n) is 7.54. The molecule has 3 N–H and O–H groups in total. The van der Waals surface area contributed by atoms with Crippen molar-refractivity contribution in [2.75, 3.05) is 25.0 Å². The zero-order chi connectivity index (χ0) is 18.0. The van der Waals surface area contributed by atoms with E-state index in [1.54, 1.807) is 0 Å². The van der Waals surface area contributed by atoms with Gasteiger partial charge in [-0.05, 0) is 18.2 Å². The Morgan fingerprint density at radius 2 is 2.08 bits per heavy atom. The maximum Gasteiger partial charge on any atom is 0.416 e. The van der Waals surface area contributed by atoms with Crippen molar-refractivity contribution in [1.29, 1.82) is 0 Å². The monoisotopic (exact) mass is 356 g/mol. The highest BCUT2D eigenvalue weighted by Gasteiger charge is 2.38. The Morgan fingerprint density at radius 3 is 2.84 bits per heavy atom. The van der Waals surface area contributed by atoms with Gasteiger partial charge in [0.15, 0.2) is 0 Å². The number of anilines is 1. The van der Waals surface area contributed by atoms with Gasteiger partial charge in [-0.3, -0.25) is 9.59 Å². The Hall–Kier alpha value is -2.62. The maximum atomic E-state index is 12.6. The molecule has 2 aliphatic heterocycles. The van der Waals surface area contributed by atoms with Gasteiger partial charge in [0.1, 0.15) is 6.10 Å². The summed E-state index contributed by atoms with van der Waals surface area (Å²) in [5.41, 5.74) is -0.408. The zero-order valence-corrected chi connectivity index (χ0v) is 12.9. The van der Waals surface area contributed by atoms with E-state index >= 15 is 0 Å². The highest BCUT2D eigenvalue weighted by molar-refractivity contribution is 6.39. The fourth-order valence-corrected chi connectivity index (χ4v) is 2.68. The summed E-state index contributed by atoms with van der Waals surface area (Å²) < 4.78 is 37.9. The smallest absolute Gasteiger partial charge is 0.390 e. The largest absolute Gasteiger partial charge is 0.416 e. The van der Waals surface area contributed by atoms with Crippen molar-refractivity contribution in [3.63, 3.8) is 0 Å². The van der Waals surface area contributed by atoms with Crippen LogP contribution in [0.2, 0.25) is 0 Å². The second-order valence-electron chi connectivity index (χ2n) is 5.71. The Balaban J connectivity index is 1.54. The number of alkyl halides is 3. The quantitative estimate of drug-likeness (QED) is 0.697. The van der Waals surface area contributed by atoms with Crippen molar-refractivity contribution in [3.8, 4) is 0 Å². The molecule has 2 unspecified atom stereocenters. The minimum atomic E-state index is -4.53. The van der Waals surface area contributed by atoms with E-state index < -0.39 is 23.6 Å². The number of fused-ring (bicyclic) bond motifs is 1. The summed E-state index contributed by atoms with van der Waals surface area (Å²) >= 11 is 0. The first kappa shape index (κ1) is 17.2. The molecule has 0 bridgehead atoms. The van der Waals surface area contributed by atoms with Crippen molar-refractivity contribution < 1.29 is 27.6 Å². The van der Waals surface area contributed by atoms with Crippen LogP contribution >= 0.6 is 0 Å². The number of benzene rings is 1. The molecule has 1 fully saturated rings. The summed E-state index contributed by atoms with van der Waals surface area (Å²) in [5.74, 6) is -1.97. The standard InChI is InChI=1S/C15H15F3N4O3/c16-15(17,18)8-2-1-3-9(4-8)21-14(24)13(23)20-6-11-10-5-19-7-12(10)25-22-11/h1-4,10,12,19H,5-7H2,(H,20,23)(H,21,24). The Morgan fingerprint density at radius 1 is 1.28 bits per heavy atom. The van der Waals surface area contributed by atoms with E-state index in [9.17, 15) is 22.8 Å². The Labute approximate surface area is 140 Å². The number of rotatable bonds is 3. The van der Waals surface area contributed by atoms with Gasteiger partial charge in [-0.2, -0.15) is 13.2 Å². The molecule has 1 aromatic carbocycles. The van der Waals surface area contributed by atoms with Crippen LogP contribution in [0.4, 0.5) is 18.9 Å². The summed E-state index contributed by atoms with van der Waals surface area (Å²) in [6.07, 6.45) is -4.60. The lowest BCUT2D eigenvalue weighted by Crippen LogP contribution is -2.40. The number of carbonyl (C=O) groups is 2. The second-order valence-corrected chi connectivity index (χ2v) is 5.71. The molecule has 2 atom stereocenters. The van der Waals surface area contributed by atoms with Gasteiger partial charge in [-0.1, -0.05) is 11.2 Å². The normalized spacial score (nSPS) is 22.0. The highest BCUT2D eigenvalue weighted by Crippen LogP contribution is 2.30. The molecule has 10 heteroatoms. The second kappa shape index (κ2) is 6.71. The molecule has 3 rings (SSSR count). The number of amides is 2. The number of nitrogens with one attached hydrogen (secondary N) is 3. The number of hydrogen-bond acceptors (Lipinski definition) is 5. The zero-order valence-electron chi connectivity index (χ0n) is 12.9. The summed E-state index contributed by atoms with van der Waals surface area (Å²) in [6, 6.07) is 4.05. The van der Waals surface area contributed by atoms with E-state index in [2.05, 4.69) is 21.1 Å². The lowest BCUT2D eigenvalue weighted by molar-refractivity contribution is -0.137. The molecule has 1 saturated heterocycles. The maximum absolute atomic E-state index is 12.6. The fourth-order valence-electron chi connectivity index (χ4n) is 2.68. The number of carbonyl (C=O) groups excluding carboxylic acids is 2. The molecular weight excluding hydrogens is 341 g/mol. The van der Waals surface area contributed by atoms with Crippen LogP contribution in [-0.4, -0.2) is 43.3 Å². The van der Waals surface area contributed by atoms with Crippen molar-refractivity contribution in [2.45, 2.75) is 12.3 Å². The molecule has 2 heterocycles. The van der Waals surface area contributed by atoms with Crippen molar-refractivity contribution in [2.24, 2.45) is 11.1 Å². The minimum Gasteiger partial charge on any atom is -0.390 e. The number of oxime groups is 1. The number of halogens is 3. The van der Waals surface area contributed by atoms with Crippen LogP contribution in [0.3, 0.4) is 0 Å². The van der Waals surface area contributed by atoms with Gasteiger partial charge in [0.05, 0.1) is 23.7 Å². The summed E-state index contributed by atoms with van der Waals surface area (Å²) in [7, 11) is 0. The van der Waals surface area contributed by atoms with Crippen molar-refractivity contribution in [3.05, 3.63) is 29.8 Å². The van der Waals surface area contributed by atoms with E-state index in [1.807, 2.05) is 0 Å². The van der Waals surface area contributed by atoms with Crippen LogP contribution < -0.4 is 16.0 Å². The fraction of sp³-hybridized carbons (Fsp3) is 0.400. The third-order valence-electron chi connectivity index (χ3n) is 3.98. The molecule has 134 valence electrons. The van der Waals surface area contributed by atoms with Crippen LogP contribution in [0.5, 0.6) is 0 Å². The van der Waals surface area contributed by atoms with E-state index in [4.69, 9.17) is 4.84 Å². The van der Waals surface area contributed by atoms with Crippen LogP contribution in [-0.2, 0) is 20.6 Å². The third-order valence-corrected chi connectivity index (χ3v) is 3.98. The predicted molar refractivity (Wildman–Crippen MR) is 81.8 cm³/mol. The van der Waals surface area contributed by atoms with E-state index in [1.165, 1.54) is 6.07 Å². The predicted octanol–water partition coefficient (Wildman–Crippen LogP) is 0.734. The van der Waals surface area contributed by atoms with E-state index in [-0.39, 0.29) is 24.3 Å². The molecule has 0 aliphatic carbocycles. The molecule has 2 aliphatic rings. The molecule has 0 spiro atoms. The molecule has 0 saturated carbocycles. The molecule has 1 aromatic rings.